The minimum atomic E-state index is -1.06. The molecule has 5 amide bonds. The van der Waals surface area contributed by atoms with Crippen LogP contribution in [0.25, 0.3) is 0 Å². The van der Waals surface area contributed by atoms with Crippen LogP contribution in [0.4, 0.5) is 19.7 Å². The van der Waals surface area contributed by atoms with Crippen molar-refractivity contribution in [3.05, 3.63) is 76.5 Å². The second-order valence-corrected chi connectivity index (χ2v) is 7.75. The van der Waals surface area contributed by atoms with Crippen LogP contribution in [0.2, 0.25) is 0 Å². The molecule has 2 aliphatic rings. The number of nitriles is 1. The fourth-order valence-corrected chi connectivity index (χ4v) is 4.19. The largest absolute Gasteiger partial charge is 0.395 e. The van der Waals surface area contributed by atoms with Gasteiger partial charge in [-0.15, -0.1) is 0 Å². The third-order valence-electron chi connectivity index (χ3n) is 5.69. The minimum absolute atomic E-state index is 0.0991. The first-order valence-electron chi connectivity index (χ1n) is 10.7. The number of carbonyl (C=O) groups excluding carboxylic acids is 3. The SMILES string of the molecule is N#Cc1ccc(C2C3=C(CCNC3=O)N(c3cccc(CF)c3)C(=O)N2C(=O)NCCO)cc1. The van der Waals surface area contributed by atoms with Crippen molar-refractivity contribution in [2.45, 2.75) is 19.1 Å². The van der Waals surface area contributed by atoms with E-state index in [1.165, 1.54) is 11.0 Å². The molecular weight excluding hydrogens is 441 g/mol. The topological polar surface area (TPSA) is 126 Å². The van der Waals surface area contributed by atoms with Crippen molar-refractivity contribution in [2.75, 3.05) is 24.6 Å². The van der Waals surface area contributed by atoms with Gasteiger partial charge in [0.1, 0.15) is 12.7 Å². The molecule has 2 aromatic rings. The van der Waals surface area contributed by atoms with Gasteiger partial charge in [0.05, 0.1) is 29.5 Å². The number of imide groups is 1. The third kappa shape index (κ3) is 4.09. The van der Waals surface area contributed by atoms with Crippen molar-refractivity contribution in [3.8, 4) is 6.07 Å². The van der Waals surface area contributed by atoms with Gasteiger partial charge in [0.15, 0.2) is 0 Å². The lowest BCUT2D eigenvalue weighted by Gasteiger charge is -2.44. The van der Waals surface area contributed by atoms with E-state index in [1.807, 2.05) is 6.07 Å². The number of halogens is 1. The number of rotatable bonds is 5. The number of hydrogen-bond acceptors (Lipinski definition) is 5. The Labute approximate surface area is 195 Å². The number of carbonyl (C=O) groups is 3. The van der Waals surface area contributed by atoms with Gasteiger partial charge in [0.2, 0.25) is 0 Å². The van der Waals surface area contributed by atoms with Crippen LogP contribution in [0.15, 0.2) is 59.8 Å². The molecule has 174 valence electrons. The molecule has 0 aromatic heterocycles. The van der Waals surface area contributed by atoms with Gasteiger partial charge in [0, 0.05) is 25.2 Å². The Morgan fingerprint density at radius 3 is 2.68 bits per heavy atom. The van der Waals surface area contributed by atoms with Gasteiger partial charge in [-0.25, -0.2) is 18.9 Å². The Morgan fingerprint density at radius 1 is 1.24 bits per heavy atom. The number of amides is 5. The molecule has 10 heteroatoms. The first-order chi connectivity index (χ1) is 16.5. The van der Waals surface area contributed by atoms with Crippen LogP contribution in [0.1, 0.15) is 29.2 Å². The van der Waals surface area contributed by atoms with Crippen LogP contribution >= 0.6 is 0 Å². The van der Waals surface area contributed by atoms with E-state index < -0.39 is 30.7 Å². The van der Waals surface area contributed by atoms with Gasteiger partial charge in [0.25, 0.3) is 5.91 Å². The molecule has 0 radical (unpaired) electrons. The number of nitrogens with one attached hydrogen (secondary N) is 2. The van der Waals surface area contributed by atoms with Crippen LogP contribution in [0.5, 0.6) is 0 Å². The molecule has 9 nitrogen and oxygen atoms in total. The second kappa shape index (κ2) is 9.72. The van der Waals surface area contributed by atoms with Crippen molar-refractivity contribution in [1.29, 1.82) is 5.26 Å². The summed E-state index contributed by atoms with van der Waals surface area (Å²) in [4.78, 5) is 42.3. The van der Waals surface area contributed by atoms with Crippen molar-refractivity contribution < 1.29 is 23.9 Å². The molecule has 4 rings (SSSR count). The fraction of sp³-hybridized carbons (Fsp3) is 0.250. The average Bonchev–Trinajstić information content (AvgIpc) is 2.86. The molecule has 0 bridgehead atoms. The van der Waals surface area contributed by atoms with E-state index in [4.69, 9.17) is 10.4 Å². The maximum absolute atomic E-state index is 13.8. The summed E-state index contributed by atoms with van der Waals surface area (Å²) in [7, 11) is 0. The van der Waals surface area contributed by atoms with Crippen LogP contribution < -0.4 is 15.5 Å². The molecule has 0 saturated carbocycles. The Morgan fingerprint density at radius 2 is 2.00 bits per heavy atom. The van der Waals surface area contributed by atoms with Crippen LogP contribution in [0, 0.1) is 11.3 Å². The molecule has 1 atom stereocenters. The monoisotopic (exact) mass is 463 g/mol. The van der Waals surface area contributed by atoms with E-state index in [0.717, 1.165) is 4.90 Å². The maximum atomic E-state index is 13.8. The van der Waals surface area contributed by atoms with Gasteiger partial charge in [-0.3, -0.25) is 9.69 Å². The van der Waals surface area contributed by atoms with E-state index in [0.29, 0.717) is 41.0 Å². The van der Waals surface area contributed by atoms with Crippen molar-refractivity contribution in [3.63, 3.8) is 0 Å². The van der Waals surface area contributed by atoms with Crippen LogP contribution in [0.3, 0.4) is 0 Å². The summed E-state index contributed by atoms with van der Waals surface area (Å²) in [5, 5.41) is 23.6. The predicted octanol–water partition coefficient (Wildman–Crippen LogP) is 2.49. The highest BCUT2D eigenvalue weighted by molar-refractivity contribution is 6.11. The normalized spacial score (nSPS) is 17.7. The molecule has 2 aromatic carbocycles. The summed E-state index contributed by atoms with van der Waals surface area (Å²) < 4.78 is 13.4. The van der Waals surface area contributed by atoms with Crippen LogP contribution in [-0.4, -0.2) is 47.7 Å². The number of urea groups is 2. The summed E-state index contributed by atoms with van der Waals surface area (Å²) in [5.74, 6) is -0.435. The highest BCUT2D eigenvalue weighted by Crippen LogP contribution is 2.42. The quantitative estimate of drug-likeness (QED) is 0.628. The van der Waals surface area contributed by atoms with Gasteiger partial charge in [-0.2, -0.15) is 5.26 Å². The highest BCUT2D eigenvalue weighted by atomic mass is 19.1. The zero-order valence-corrected chi connectivity index (χ0v) is 18.1. The molecule has 0 fully saturated rings. The van der Waals surface area contributed by atoms with Crippen molar-refractivity contribution in [2.24, 2.45) is 0 Å². The molecule has 2 heterocycles. The molecule has 0 saturated heterocycles. The van der Waals surface area contributed by atoms with E-state index in [2.05, 4.69) is 10.6 Å². The van der Waals surface area contributed by atoms with E-state index in [9.17, 15) is 18.8 Å². The maximum Gasteiger partial charge on any atom is 0.337 e. The summed E-state index contributed by atoms with van der Waals surface area (Å²) >= 11 is 0. The van der Waals surface area contributed by atoms with Crippen molar-refractivity contribution in [1.82, 2.24) is 15.5 Å². The minimum Gasteiger partial charge on any atom is -0.395 e. The molecule has 3 N–H and O–H groups in total. The first-order valence-corrected chi connectivity index (χ1v) is 10.7. The number of anilines is 1. The zero-order chi connectivity index (χ0) is 24.2. The second-order valence-electron chi connectivity index (χ2n) is 7.75. The molecule has 2 aliphatic heterocycles. The summed E-state index contributed by atoms with van der Waals surface area (Å²) in [5.41, 5.74) is 2.16. The lowest BCUT2D eigenvalue weighted by molar-refractivity contribution is -0.118. The van der Waals surface area contributed by atoms with Gasteiger partial charge in [-0.05, 0) is 35.4 Å². The van der Waals surface area contributed by atoms with Gasteiger partial charge < -0.3 is 15.7 Å². The number of hydrogen-bond donors (Lipinski definition) is 3. The predicted molar refractivity (Wildman–Crippen MR) is 120 cm³/mol. The summed E-state index contributed by atoms with van der Waals surface area (Å²) in [6.45, 7) is -0.887. The fourth-order valence-electron chi connectivity index (χ4n) is 4.19. The average molecular weight is 463 g/mol. The van der Waals surface area contributed by atoms with E-state index in [-0.39, 0.29) is 18.7 Å². The Hall–Kier alpha value is -4.23. The number of alkyl halides is 1. The number of aliphatic hydroxyl groups is 1. The molecule has 34 heavy (non-hydrogen) atoms. The zero-order valence-electron chi connectivity index (χ0n) is 18.1. The summed E-state index contributed by atoms with van der Waals surface area (Å²) in [6, 6.07) is 12.0. The highest BCUT2D eigenvalue weighted by Gasteiger charge is 2.47. The van der Waals surface area contributed by atoms with Gasteiger partial charge in [-0.1, -0.05) is 24.3 Å². The van der Waals surface area contributed by atoms with Gasteiger partial charge >= 0.3 is 12.1 Å². The number of nitrogens with zero attached hydrogens (tertiary/aromatic N) is 3. The molecule has 0 spiro atoms. The van der Waals surface area contributed by atoms with Crippen molar-refractivity contribution >= 4 is 23.7 Å². The smallest absolute Gasteiger partial charge is 0.337 e. The number of benzene rings is 2. The first kappa shape index (κ1) is 22.9. The third-order valence-corrected chi connectivity index (χ3v) is 5.69. The van der Waals surface area contributed by atoms with Crippen LogP contribution in [-0.2, 0) is 11.5 Å². The summed E-state index contributed by atoms with van der Waals surface area (Å²) in [6.07, 6.45) is 0.325. The Balaban J connectivity index is 1.93. The lowest BCUT2D eigenvalue weighted by atomic mass is 9.89. The molecule has 1 unspecified atom stereocenters. The Bertz CT molecular complexity index is 1200. The Kier molecular flexibility index (Phi) is 6.56. The molecule has 0 aliphatic carbocycles. The van der Waals surface area contributed by atoms with E-state index >= 15 is 0 Å². The number of aliphatic hydroxyl groups excluding tert-OH is 1. The lowest BCUT2D eigenvalue weighted by Crippen LogP contribution is -2.58. The molecular formula is C24H22FN5O4. The standard InChI is InChI=1S/C24H22FN5O4/c25-13-16-2-1-3-18(12-16)29-19-8-9-27-22(32)20(19)21(17-6-4-15(14-26)5-7-17)30(24(29)34)23(33)28-10-11-31/h1-7,12,21,31H,8-11,13H2,(H,27,32)(H,28,33). The van der Waals surface area contributed by atoms with E-state index in [1.54, 1.807) is 42.5 Å².